The molecule has 0 bridgehead atoms. The van der Waals surface area contributed by atoms with Gasteiger partial charge < -0.3 is 9.73 Å². The lowest BCUT2D eigenvalue weighted by atomic mass is 10.1. The van der Waals surface area contributed by atoms with Gasteiger partial charge in [-0.05, 0) is 38.0 Å². The Labute approximate surface area is 106 Å². The third kappa shape index (κ3) is 3.67. The molecule has 1 atom stereocenters. The van der Waals surface area contributed by atoms with Gasteiger partial charge in [-0.25, -0.2) is 9.37 Å². The number of aromatic nitrogens is 1. The van der Waals surface area contributed by atoms with Crippen molar-refractivity contribution in [2.45, 2.75) is 32.9 Å². The highest BCUT2D eigenvalue weighted by atomic mass is 19.1. The molecule has 3 nitrogen and oxygen atoms in total. The van der Waals surface area contributed by atoms with Crippen LogP contribution in [0.15, 0.2) is 34.9 Å². The number of oxazole rings is 1. The van der Waals surface area contributed by atoms with Crippen LogP contribution in [0.5, 0.6) is 0 Å². The molecular formula is C14H17FN2O. The van der Waals surface area contributed by atoms with E-state index in [2.05, 4.69) is 17.2 Å². The summed E-state index contributed by atoms with van der Waals surface area (Å²) >= 11 is 0. The number of aryl methyl sites for hydroxylation is 1. The molecule has 1 aromatic carbocycles. The fourth-order valence-corrected chi connectivity index (χ4v) is 1.79. The van der Waals surface area contributed by atoms with Crippen molar-refractivity contribution in [2.24, 2.45) is 0 Å². The molecule has 0 radical (unpaired) electrons. The number of halogens is 1. The van der Waals surface area contributed by atoms with Crippen molar-refractivity contribution in [1.29, 1.82) is 0 Å². The van der Waals surface area contributed by atoms with Crippen molar-refractivity contribution >= 4 is 0 Å². The van der Waals surface area contributed by atoms with Gasteiger partial charge in [0.1, 0.15) is 11.6 Å². The van der Waals surface area contributed by atoms with Gasteiger partial charge in [0.25, 0.3) is 0 Å². The third-order valence-corrected chi connectivity index (χ3v) is 2.73. The van der Waals surface area contributed by atoms with Gasteiger partial charge in [-0.15, -0.1) is 0 Å². The summed E-state index contributed by atoms with van der Waals surface area (Å²) in [6.07, 6.45) is 2.56. The summed E-state index contributed by atoms with van der Waals surface area (Å²) < 4.78 is 18.1. The van der Waals surface area contributed by atoms with Crippen LogP contribution in [-0.2, 0) is 13.0 Å². The second-order valence-corrected chi connectivity index (χ2v) is 4.48. The summed E-state index contributed by atoms with van der Waals surface area (Å²) in [4.78, 5) is 4.13. The topological polar surface area (TPSA) is 38.1 Å². The summed E-state index contributed by atoms with van der Waals surface area (Å²) in [5, 5.41) is 3.33. The van der Waals surface area contributed by atoms with Crippen LogP contribution in [-0.4, -0.2) is 11.0 Å². The normalized spacial score (nSPS) is 12.6. The van der Waals surface area contributed by atoms with Gasteiger partial charge in [-0.1, -0.05) is 12.1 Å². The van der Waals surface area contributed by atoms with Crippen molar-refractivity contribution < 1.29 is 8.81 Å². The van der Waals surface area contributed by atoms with Crippen molar-refractivity contribution in [3.8, 4) is 0 Å². The van der Waals surface area contributed by atoms with Crippen molar-refractivity contribution in [3.05, 3.63) is 53.5 Å². The first kappa shape index (κ1) is 12.8. The van der Waals surface area contributed by atoms with E-state index in [4.69, 9.17) is 4.42 Å². The van der Waals surface area contributed by atoms with Crippen LogP contribution >= 0.6 is 0 Å². The lowest BCUT2D eigenvalue weighted by molar-refractivity contribution is 0.427. The molecule has 0 amide bonds. The molecule has 4 heteroatoms. The molecule has 1 unspecified atom stereocenters. The van der Waals surface area contributed by atoms with Gasteiger partial charge in [0.15, 0.2) is 0 Å². The summed E-state index contributed by atoms with van der Waals surface area (Å²) in [6, 6.07) is 6.87. The van der Waals surface area contributed by atoms with Crippen molar-refractivity contribution in [1.82, 2.24) is 10.3 Å². The number of hydrogen-bond acceptors (Lipinski definition) is 3. The molecule has 0 aliphatic heterocycles. The van der Waals surface area contributed by atoms with Crippen LogP contribution in [0.1, 0.15) is 24.1 Å². The van der Waals surface area contributed by atoms with E-state index in [1.807, 2.05) is 19.1 Å². The Balaban J connectivity index is 1.81. The van der Waals surface area contributed by atoms with E-state index in [0.717, 1.165) is 17.7 Å². The Hall–Kier alpha value is -1.68. The zero-order valence-electron chi connectivity index (χ0n) is 10.6. The molecule has 1 heterocycles. The summed E-state index contributed by atoms with van der Waals surface area (Å²) in [6.45, 7) is 4.56. The third-order valence-electron chi connectivity index (χ3n) is 2.73. The van der Waals surface area contributed by atoms with Gasteiger partial charge in [0.2, 0.25) is 5.89 Å². The quantitative estimate of drug-likeness (QED) is 0.884. The first-order valence-corrected chi connectivity index (χ1v) is 6.02. The maximum Gasteiger partial charge on any atom is 0.208 e. The lowest BCUT2D eigenvalue weighted by Gasteiger charge is -2.12. The molecule has 0 saturated heterocycles. The molecule has 18 heavy (non-hydrogen) atoms. The first-order chi connectivity index (χ1) is 8.63. The van der Waals surface area contributed by atoms with E-state index in [1.54, 1.807) is 6.20 Å². The van der Waals surface area contributed by atoms with E-state index in [0.29, 0.717) is 12.4 Å². The largest absolute Gasteiger partial charge is 0.445 e. The van der Waals surface area contributed by atoms with Crippen molar-refractivity contribution in [2.75, 3.05) is 0 Å². The van der Waals surface area contributed by atoms with Gasteiger partial charge in [0.05, 0.1) is 12.7 Å². The predicted molar refractivity (Wildman–Crippen MR) is 67.6 cm³/mol. The van der Waals surface area contributed by atoms with Gasteiger partial charge in [-0.2, -0.15) is 0 Å². The minimum absolute atomic E-state index is 0.199. The molecule has 1 aromatic heterocycles. The fourth-order valence-electron chi connectivity index (χ4n) is 1.79. The number of rotatable bonds is 5. The molecule has 2 aromatic rings. The molecule has 0 aliphatic carbocycles. The number of hydrogen-bond donors (Lipinski definition) is 1. The van der Waals surface area contributed by atoms with E-state index < -0.39 is 0 Å². The van der Waals surface area contributed by atoms with Gasteiger partial charge in [-0.3, -0.25) is 0 Å². The van der Waals surface area contributed by atoms with E-state index in [9.17, 15) is 4.39 Å². The smallest absolute Gasteiger partial charge is 0.208 e. The minimum atomic E-state index is -0.199. The summed E-state index contributed by atoms with van der Waals surface area (Å²) in [5.41, 5.74) is 1.11. The van der Waals surface area contributed by atoms with Crippen LogP contribution in [0.3, 0.4) is 0 Å². The number of nitrogens with zero attached hydrogens (tertiary/aromatic N) is 1. The Bertz CT molecular complexity index is 493. The molecular weight excluding hydrogens is 231 g/mol. The zero-order valence-corrected chi connectivity index (χ0v) is 10.6. The molecule has 0 saturated carbocycles. The Morgan fingerprint density at radius 3 is 2.67 bits per heavy atom. The van der Waals surface area contributed by atoms with E-state index in [-0.39, 0.29) is 11.9 Å². The van der Waals surface area contributed by atoms with Gasteiger partial charge in [0, 0.05) is 6.04 Å². The molecule has 1 N–H and O–H groups in total. The maximum absolute atomic E-state index is 12.8. The Kier molecular flexibility index (Phi) is 4.10. The SMILES string of the molecule is Cc1cnc(CNC(C)Cc2ccc(F)cc2)o1. The highest BCUT2D eigenvalue weighted by molar-refractivity contribution is 5.17. The zero-order chi connectivity index (χ0) is 13.0. The van der Waals surface area contributed by atoms with Crippen molar-refractivity contribution in [3.63, 3.8) is 0 Å². The average molecular weight is 248 g/mol. The average Bonchev–Trinajstić information content (AvgIpc) is 2.76. The second-order valence-electron chi connectivity index (χ2n) is 4.48. The number of benzene rings is 1. The maximum atomic E-state index is 12.8. The Morgan fingerprint density at radius 2 is 2.06 bits per heavy atom. The van der Waals surface area contributed by atoms with Crippen LogP contribution in [0.2, 0.25) is 0 Å². The second kappa shape index (κ2) is 5.78. The van der Waals surface area contributed by atoms with Crippen LogP contribution in [0.4, 0.5) is 4.39 Å². The monoisotopic (exact) mass is 248 g/mol. The van der Waals surface area contributed by atoms with Crippen LogP contribution in [0, 0.1) is 12.7 Å². The van der Waals surface area contributed by atoms with Gasteiger partial charge >= 0.3 is 0 Å². The molecule has 0 fully saturated rings. The van der Waals surface area contributed by atoms with Crippen LogP contribution in [0.25, 0.3) is 0 Å². The summed E-state index contributed by atoms with van der Waals surface area (Å²) in [5.74, 6) is 1.31. The van der Waals surface area contributed by atoms with E-state index in [1.165, 1.54) is 12.1 Å². The first-order valence-electron chi connectivity index (χ1n) is 6.02. The fraction of sp³-hybridized carbons (Fsp3) is 0.357. The molecule has 0 spiro atoms. The Morgan fingerprint density at radius 1 is 1.33 bits per heavy atom. The minimum Gasteiger partial charge on any atom is -0.445 e. The highest BCUT2D eigenvalue weighted by Gasteiger charge is 2.06. The van der Waals surface area contributed by atoms with E-state index >= 15 is 0 Å². The molecule has 0 aliphatic rings. The number of nitrogens with one attached hydrogen (secondary N) is 1. The van der Waals surface area contributed by atoms with Crippen LogP contribution < -0.4 is 5.32 Å². The molecule has 96 valence electrons. The standard InChI is InChI=1S/C14H17FN2O/c1-10(7-12-3-5-13(15)6-4-12)16-9-14-17-8-11(2)18-14/h3-6,8,10,16H,7,9H2,1-2H3. The lowest BCUT2D eigenvalue weighted by Crippen LogP contribution is -2.27. The summed E-state index contributed by atoms with van der Waals surface area (Å²) in [7, 11) is 0. The highest BCUT2D eigenvalue weighted by Crippen LogP contribution is 2.07. The molecule has 2 rings (SSSR count). The predicted octanol–water partition coefficient (Wildman–Crippen LogP) is 2.84.